The highest BCUT2D eigenvalue weighted by Gasteiger charge is 2.48. The van der Waals surface area contributed by atoms with Crippen LogP contribution in [0.2, 0.25) is 0 Å². The normalized spacial score (nSPS) is 18.5. The first kappa shape index (κ1) is 21.1. The average molecular weight is 449 g/mol. The van der Waals surface area contributed by atoms with Crippen LogP contribution in [0.3, 0.4) is 0 Å². The third kappa shape index (κ3) is 4.05. The van der Waals surface area contributed by atoms with Crippen LogP contribution in [0.25, 0.3) is 0 Å². The van der Waals surface area contributed by atoms with Gasteiger partial charge in [0, 0.05) is 23.1 Å². The van der Waals surface area contributed by atoms with E-state index in [9.17, 15) is 23.4 Å². The number of nitrogens with zero attached hydrogens (tertiary/aromatic N) is 2. The molecule has 2 N–H and O–H groups in total. The number of aliphatic hydroxyl groups is 1. The Hall–Kier alpha value is -1.16. The van der Waals surface area contributed by atoms with Gasteiger partial charge in [0.25, 0.3) is 0 Å². The van der Waals surface area contributed by atoms with Crippen molar-refractivity contribution in [2.45, 2.75) is 49.6 Å². The highest BCUT2D eigenvalue weighted by atomic mass is 79.9. The summed E-state index contributed by atoms with van der Waals surface area (Å²) in [5, 5.41) is 19.6. The number of halogens is 1. The third-order valence-corrected chi connectivity index (χ3v) is 7.18. The molecule has 2 rings (SSSR count). The van der Waals surface area contributed by atoms with E-state index in [0.717, 1.165) is 4.47 Å². The molecule has 9 heteroatoms. The van der Waals surface area contributed by atoms with E-state index >= 15 is 0 Å². The van der Waals surface area contributed by atoms with Crippen LogP contribution in [-0.2, 0) is 10.0 Å². The molecule has 0 bridgehead atoms. The fraction of sp³-hybridized carbons (Fsp3) is 0.588. The van der Waals surface area contributed by atoms with E-state index in [1.165, 1.54) is 21.3 Å². The van der Waals surface area contributed by atoms with Gasteiger partial charge < -0.3 is 10.2 Å². The molecule has 7 nitrogen and oxygen atoms in total. The van der Waals surface area contributed by atoms with E-state index in [4.69, 9.17) is 0 Å². The van der Waals surface area contributed by atoms with Crippen molar-refractivity contribution >= 4 is 32.0 Å². The Morgan fingerprint density at radius 1 is 1.23 bits per heavy atom. The van der Waals surface area contributed by atoms with Crippen LogP contribution < -0.4 is 0 Å². The van der Waals surface area contributed by atoms with Crippen LogP contribution in [0.1, 0.15) is 33.6 Å². The lowest BCUT2D eigenvalue weighted by molar-refractivity contribution is -0.0402. The molecule has 1 fully saturated rings. The van der Waals surface area contributed by atoms with Gasteiger partial charge in [-0.05, 0) is 57.9 Å². The molecule has 1 aliphatic heterocycles. The molecule has 0 spiro atoms. The van der Waals surface area contributed by atoms with Crippen LogP contribution >= 0.6 is 15.9 Å². The summed E-state index contributed by atoms with van der Waals surface area (Å²) in [5.74, 6) is 0. The number of hydrogen-bond donors (Lipinski definition) is 2. The highest BCUT2D eigenvalue weighted by molar-refractivity contribution is 9.10. The van der Waals surface area contributed by atoms with Gasteiger partial charge in [-0.1, -0.05) is 15.9 Å². The molecule has 26 heavy (non-hydrogen) atoms. The molecule has 0 saturated carbocycles. The minimum absolute atomic E-state index is 0.152. The molecule has 1 saturated heterocycles. The Morgan fingerprint density at radius 3 is 2.12 bits per heavy atom. The second kappa shape index (κ2) is 7.46. The van der Waals surface area contributed by atoms with Crippen molar-refractivity contribution in [2.75, 3.05) is 19.7 Å². The van der Waals surface area contributed by atoms with Gasteiger partial charge in [-0.15, -0.1) is 0 Å². The van der Waals surface area contributed by atoms with Crippen molar-refractivity contribution in [3.05, 3.63) is 28.7 Å². The second-order valence-corrected chi connectivity index (χ2v) is 10.4. The molecule has 0 aromatic heterocycles. The lowest BCUT2D eigenvalue weighted by Gasteiger charge is -2.51. The first-order valence-electron chi connectivity index (χ1n) is 8.34. The van der Waals surface area contributed by atoms with Gasteiger partial charge in [-0.3, -0.25) is 4.90 Å². The van der Waals surface area contributed by atoms with Crippen LogP contribution in [0.5, 0.6) is 0 Å². The van der Waals surface area contributed by atoms with Crippen molar-refractivity contribution in [1.29, 1.82) is 0 Å². The first-order chi connectivity index (χ1) is 11.9. The number of amides is 1. The SMILES string of the molecule is CC(C)(C)N(C(=O)O)C1(CO)CCN(S(=O)(=O)c2ccc(Br)cc2)CC1. The fourth-order valence-electron chi connectivity index (χ4n) is 3.55. The monoisotopic (exact) mass is 448 g/mol. The van der Waals surface area contributed by atoms with Crippen molar-refractivity contribution < 1.29 is 23.4 Å². The molecule has 1 heterocycles. The van der Waals surface area contributed by atoms with Crippen LogP contribution in [-0.4, -0.2) is 64.7 Å². The first-order valence-corrected chi connectivity index (χ1v) is 10.6. The van der Waals surface area contributed by atoms with E-state index in [-0.39, 0.29) is 37.4 Å². The highest BCUT2D eigenvalue weighted by Crippen LogP contribution is 2.36. The molecular weight excluding hydrogens is 424 g/mol. The number of carboxylic acid groups (broad SMARTS) is 1. The van der Waals surface area contributed by atoms with Crippen LogP contribution in [0, 0.1) is 0 Å². The predicted octanol–water partition coefficient (Wildman–Crippen LogP) is 2.74. The third-order valence-electron chi connectivity index (χ3n) is 4.74. The number of aliphatic hydroxyl groups excluding tert-OH is 1. The number of carbonyl (C=O) groups is 1. The van der Waals surface area contributed by atoms with Gasteiger partial charge in [0.05, 0.1) is 17.0 Å². The van der Waals surface area contributed by atoms with Crippen LogP contribution in [0.4, 0.5) is 4.79 Å². The van der Waals surface area contributed by atoms with E-state index in [1.807, 2.05) is 0 Å². The number of rotatable bonds is 4. The summed E-state index contributed by atoms with van der Waals surface area (Å²) in [6.45, 7) is 5.26. The maximum atomic E-state index is 12.8. The van der Waals surface area contributed by atoms with Gasteiger partial charge in [0.2, 0.25) is 10.0 Å². The molecule has 0 aliphatic carbocycles. The zero-order valence-corrected chi connectivity index (χ0v) is 17.5. The lowest BCUT2D eigenvalue weighted by Crippen LogP contribution is -2.65. The van der Waals surface area contributed by atoms with Crippen molar-refractivity contribution in [3.63, 3.8) is 0 Å². The summed E-state index contributed by atoms with van der Waals surface area (Å²) in [4.78, 5) is 13.3. The molecule has 1 aromatic rings. The molecule has 1 aromatic carbocycles. The van der Waals surface area contributed by atoms with Crippen LogP contribution in [0.15, 0.2) is 33.6 Å². The number of sulfonamides is 1. The minimum Gasteiger partial charge on any atom is -0.465 e. The topological polar surface area (TPSA) is 98.2 Å². The average Bonchev–Trinajstić information content (AvgIpc) is 2.54. The van der Waals surface area contributed by atoms with Gasteiger partial charge in [0.1, 0.15) is 0 Å². The molecular formula is C17H25BrN2O5S. The Morgan fingerprint density at radius 2 is 1.73 bits per heavy atom. The summed E-state index contributed by atoms with van der Waals surface area (Å²) >= 11 is 3.28. The van der Waals surface area contributed by atoms with Crippen molar-refractivity contribution in [2.24, 2.45) is 0 Å². The summed E-state index contributed by atoms with van der Waals surface area (Å²) < 4.78 is 27.8. The summed E-state index contributed by atoms with van der Waals surface area (Å²) in [6, 6.07) is 6.40. The van der Waals surface area contributed by atoms with E-state index in [1.54, 1.807) is 32.9 Å². The molecule has 0 unspecified atom stereocenters. The number of piperidine rings is 1. The zero-order chi connectivity index (χ0) is 19.8. The van der Waals surface area contributed by atoms with Crippen molar-refractivity contribution in [3.8, 4) is 0 Å². The molecule has 146 valence electrons. The zero-order valence-electron chi connectivity index (χ0n) is 15.1. The second-order valence-electron chi connectivity index (χ2n) is 7.53. The van der Waals surface area contributed by atoms with Crippen molar-refractivity contribution in [1.82, 2.24) is 9.21 Å². The lowest BCUT2D eigenvalue weighted by atomic mass is 9.84. The fourth-order valence-corrected chi connectivity index (χ4v) is 5.26. The predicted molar refractivity (Wildman–Crippen MR) is 102 cm³/mol. The van der Waals surface area contributed by atoms with E-state index in [2.05, 4.69) is 15.9 Å². The van der Waals surface area contributed by atoms with Gasteiger partial charge in [-0.2, -0.15) is 4.31 Å². The summed E-state index contributed by atoms with van der Waals surface area (Å²) in [6.07, 6.45) is -0.637. The standard InChI is InChI=1S/C17H25BrN2O5S/c1-16(2,3)20(15(22)23)17(12-21)8-10-19(11-9-17)26(24,25)14-6-4-13(18)5-7-14/h4-7,21H,8-12H2,1-3H3,(H,22,23). The Kier molecular flexibility index (Phi) is 6.06. The van der Waals surface area contributed by atoms with Gasteiger partial charge in [-0.25, -0.2) is 13.2 Å². The maximum absolute atomic E-state index is 12.8. The quantitative estimate of drug-likeness (QED) is 0.737. The maximum Gasteiger partial charge on any atom is 0.408 e. The summed E-state index contributed by atoms with van der Waals surface area (Å²) in [5.41, 5.74) is -1.70. The Bertz CT molecular complexity index is 750. The minimum atomic E-state index is -3.65. The largest absolute Gasteiger partial charge is 0.465 e. The van der Waals surface area contributed by atoms with E-state index in [0.29, 0.717) is 0 Å². The molecule has 0 radical (unpaired) electrons. The van der Waals surface area contributed by atoms with Gasteiger partial charge in [0.15, 0.2) is 0 Å². The van der Waals surface area contributed by atoms with Gasteiger partial charge >= 0.3 is 6.09 Å². The van der Waals surface area contributed by atoms with E-state index < -0.39 is 27.2 Å². The summed E-state index contributed by atoms with van der Waals surface area (Å²) in [7, 11) is -3.65. The molecule has 0 atom stereocenters. The smallest absolute Gasteiger partial charge is 0.408 e. The molecule has 1 aliphatic rings. The Labute approximate surface area is 162 Å². The number of benzene rings is 1. The number of hydrogen-bond acceptors (Lipinski definition) is 4. The Balaban J connectivity index is 2.25. The molecule has 1 amide bonds.